The van der Waals surface area contributed by atoms with Gasteiger partial charge in [-0.25, -0.2) is 0 Å². The quantitative estimate of drug-likeness (QED) is 0.886. The average Bonchev–Trinajstić information content (AvgIpc) is 3.04. The van der Waals surface area contributed by atoms with Crippen molar-refractivity contribution in [1.82, 2.24) is 0 Å². The Morgan fingerprint density at radius 1 is 1.16 bits per heavy atom. The number of aryl methyl sites for hydroxylation is 1. The molecule has 4 nitrogen and oxygen atoms in total. The first-order valence-electron chi connectivity index (χ1n) is 8.90. The number of amides is 1. The molecular formula is C21H26N2O2. The van der Waals surface area contributed by atoms with E-state index in [1.807, 2.05) is 43.3 Å². The van der Waals surface area contributed by atoms with Gasteiger partial charge >= 0.3 is 0 Å². The fourth-order valence-electron chi connectivity index (χ4n) is 3.04. The number of ether oxygens (including phenoxy) is 1. The summed E-state index contributed by atoms with van der Waals surface area (Å²) < 4.78 is 5.70. The van der Waals surface area contributed by atoms with Gasteiger partial charge in [0, 0.05) is 24.5 Å². The van der Waals surface area contributed by atoms with E-state index in [2.05, 4.69) is 29.3 Å². The number of carbonyl (C=O) groups excluding carboxylic acids is 1. The lowest BCUT2D eigenvalue weighted by atomic mass is 10.2. The summed E-state index contributed by atoms with van der Waals surface area (Å²) in [5, 5.41) is 2.92. The molecule has 1 N–H and O–H groups in total. The second-order valence-electron chi connectivity index (χ2n) is 6.95. The Bertz CT molecular complexity index is 710. The van der Waals surface area contributed by atoms with Crippen molar-refractivity contribution < 1.29 is 9.53 Å². The van der Waals surface area contributed by atoms with Gasteiger partial charge in [-0.3, -0.25) is 4.79 Å². The van der Waals surface area contributed by atoms with Gasteiger partial charge in [-0.15, -0.1) is 0 Å². The molecule has 1 heterocycles. The minimum absolute atomic E-state index is 0.150. The highest BCUT2D eigenvalue weighted by Crippen LogP contribution is 2.25. The second-order valence-corrected chi connectivity index (χ2v) is 6.95. The van der Waals surface area contributed by atoms with Gasteiger partial charge in [-0.1, -0.05) is 24.6 Å². The van der Waals surface area contributed by atoms with Crippen LogP contribution in [0.15, 0.2) is 48.5 Å². The monoisotopic (exact) mass is 338 g/mol. The number of hydrogen-bond acceptors (Lipinski definition) is 3. The third kappa shape index (κ3) is 4.53. The number of hydrogen-bond donors (Lipinski definition) is 1. The van der Waals surface area contributed by atoms with Gasteiger partial charge in [0.2, 0.25) is 0 Å². The molecule has 3 rings (SSSR count). The first-order chi connectivity index (χ1) is 12.0. The van der Waals surface area contributed by atoms with E-state index in [1.165, 1.54) is 12.1 Å². The Morgan fingerprint density at radius 2 is 1.84 bits per heavy atom. The number of nitrogens with one attached hydrogen (secondary N) is 1. The minimum Gasteiger partial charge on any atom is -0.481 e. The van der Waals surface area contributed by atoms with Crippen LogP contribution in [0.1, 0.15) is 25.8 Å². The first-order valence-corrected chi connectivity index (χ1v) is 8.90. The van der Waals surface area contributed by atoms with Crippen LogP contribution >= 0.6 is 0 Å². The van der Waals surface area contributed by atoms with Crippen LogP contribution in [0.5, 0.6) is 5.75 Å². The molecule has 0 spiro atoms. The molecule has 2 atom stereocenters. The maximum atomic E-state index is 12.3. The van der Waals surface area contributed by atoms with E-state index >= 15 is 0 Å². The summed E-state index contributed by atoms with van der Waals surface area (Å²) in [4.78, 5) is 14.7. The summed E-state index contributed by atoms with van der Waals surface area (Å²) in [7, 11) is 0. The molecule has 1 fully saturated rings. The maximum absolute atomic E-state index is 12.3. The Labute approximate surface area is 149 Å². The summed E-state index contributed by atoms with van der Waals surface area (Å²) in [6.07, 6.45) is 0.689. The van der Waals surface area contributed by atoms with Gasteiger partial charge in [0.05, 0.1) is 0 Å². The van der Waals surface area contributed by atoms with E-state index < -0.39 is 6.10 Å². The molecule has 4 heteroatoms. The van der Waals surface area contributed by atoms with Crippen molar-refractivity contribution in [1.29, 1.82) is 0 Å². The summed E-state index contributed by atoms with van der Waals surface area (Å²) in [6, 6.07) is 15.7. The summed E-state index contributed by atoms with van der Waals surface area (Å²) in [5.74, 6) is 1.30. The van der Waals surface area contributed by atoms with Crippen LogP contribution in [0.2, 0.25) is 0 Å². The molecule has 2 unspecified atom stereocenters. The Hall–Kier alpha value is -2.49. The SMILES string of the molecule is Cc1ccc(OC(C)C(=O)Nc2ccc(N3CCC(C)C3)cc2)cc1. The van der Waals surface area contributed by atoms with E-state index in [0.29, 0.717) is 5.75 Å². The summed E-state index contributed by atoms with van der Waals surface area (Å²) >= 11 is 0. The smallest absolute Gasteiger partial charge is 0.265 e. The Morgan fingerprint density at radius 3 is 2.44 bits per heavy atom. The van der Waals surface area contributed by atoms with E-state index in [0.717, 1.165) is 30.3 Å². The summed E-state index contributed by atoms with van der Waals surface area (Å²) in [6.45, 7) is 8.27. The molecule has 0 radical (unpaired) electrons. The average molecular weight is 338 g/mol. The molecular weight excluding hydrogens is 312 g/mol. The van der Waals surface area contributed by atoms with Crippen LogP contribution in [-0.2, 0) is 4.79 Å². The van der Waals surface area contributed by atoms with E-state index in [-0.39, 0.29) is 5.91 Å². The lowest BCUT2D eigenvalue weighted by Crippen LogP contribution is -2.30. The molecule has 0 aliphatic carbocycles. The largest absolute Gasteiger partial charge is 0.481 e. The van der Waals surface area contributed by atoms with Gasteiger partial charge in [-0.2, -0.15) is 0 Å². The van der Waals surface area contributed by atoms with Crippen LogP contribution < -0.4 is 15.0 Å². The van der Waals surface area contributed by atoms with Crippen LogP contribution in [-0.4, -0.2) is 25.1 Å². The lowest BCUT2D eigenvalue weighted by Gasteiger charge is -2.19. The van der Waals surface area contributed by atoms with Crippen molar-refractivity contribution in [3.63, 3.8) is 0 Å². The number of anilines is 2. The van der Waals surface area contributed by atoms with Gasteiger partial charge in [0.15, 0.2) is 6.10 Å². The van der Waals surface area contributed by atoms with Crippen molar-refractivity contribution in [3.8, 4) is 5.75 Å². The zero-order chi connectivity index (χ0) is 17.8. The zero-order valence-electron chi connectivity index (χ0n) is 15.2. The third-order valence-corrected chi connectivity index (χ3v) is 4.63. The van der Waals surface area contributed by atoms with E-state index in [4.69, 9.17) is 4.74 Å². The molecule has 2 aromatic rings. The number of nitrogens with zero attached hydrogens (tertiary/aromatic N) is 1. The second kappa shape index (κ2) is 7.60. The minimum atomic E-state index is -0.554. The van der Waals surface area contributed by atoms with Crippen molar-refractivity contribution >= 4 is 17.3 Å². The molecule has 1 amide bonds. The Kier molecular flexibility index (Phi) is 5.27. The van der Waals surface area contributed by atoms with Crippen molar-refractivity contribution in [2.75, 3.05) is 23.3 Å². The predicted octanol–water partition coefficient (Wildman–Crippen LogP) is 4.25. The molecule has 1 aliphatic rings. The predicted molar refractivity (Wildman–Crippen MR) is 102 cm³/mol. The van der Waals surface area contributed by atoms with Gasteiger partial charge in [0.1, 0.15) is 5.75 Å². The van der Waals surface area contributed by atoms with Crippen molar-refractivity contribution in [2.45, 2.75) is 33.3 Å². The molecule has 132 valence electrons. The standard InChI is InChI=1S/C21H26N2O2/c1-15-4-10-20(11-5-15)25-17(3)21(24)22-18-6-8-19(9-7-18)23-13-12-16(2)14-23/h4-11,16-17H,12-14H2,1-3H3,(H,22,24). The topological polar surface area (TPSA) is 41.6 Å². The van der Waals surface area contributed by atoms with Crippen LogP contribution in [0.25, 0.3) is 0 Å². The normalized spacial score (nSPS) is 18.0. The van der Waals surface area contributed by atoms with Gasteiger partial charge in [-0.05, 0) is 62.6 Å². The first kappa shape index (κ1) is 17.3. The molecule has 0 bridgehead atoms. The number of benzene rings is 2. The van der Waals surface area contributed by atoms with Crippen molar-refractivity contribution in [3.05, 3.63) is 54.1 Å². The highest BCUT2D eigenvalue weighted by atomic mass is 16.5. The van der Waals surface area contributed by atoms with Gasteiger partial charge < -0.3 is 15.0 Å². The molecule has 25 heavy (non-hydrogen) atoms. The van der Waals surface area contributed by atoms with E-state index in [1.54, 1.807) is 6.92 Å². The van der Waals surface area contributed by atoms with E-state index in [9.17, 15) is 4.79 Å². The van der Waals surface area contributed by atoms with Crippen LogP contribution in [0.4, 0.5) is 11.4 Å². The molecule has 2 aromatic carbocycles. The van der Waals surface area contributed by atoms with Crippen molar-refractivity contribution in [2.24, 2.45) is 5.92 Å². The third-order valence-electron chi connectivity index (χ3n) is 4.63. The number of rotatable bonds is 5. The zero-order valence-corrected chi connectivity index (χ0v) is 15.2. The highest BCUT2D eigenvalue weighted by Gasteiger charge is 2.19. The fraction of sp³-hybridized carbons (Fsp3) is 0.381. The fourth-order valence-corrected chi connectivity index (χ4v) is 3.04. The van der Waals surface area contributed by atoms with Crippen LogP contribution in [0.3, 0.4) is 0 Å². The summed E-state index contributed by atoms with van der Waals surface area (Å²) in [5.41, 5.74) is 3.17. The number of carbonyl (C=O) groups is 1. The maximum Gasteiger partial charge on any atom is 0.265 e. The van der Waals surface area contributed by atoms with Crippen LogP contribution in [0, 0.1) is 12.8 Å². The molecule has 0 aromatic heterocycles. The Balaban J connectivity index is 1.55. The molecule has 1 aliphatic heterocycles. The van der Waals surface area contributed by atoms with Gasteiger partial charge in [0.25, 0.3) is 5.91 Å². The highest BCUT2D eigenvalue weighted by molar-refractivity contribution is 5.94. The molecule has 0 saturated carbocycles. The lowest BCUT2D eigenvalue weighted by molar-refractivity contribution is -0.122. The molecule has 1 saturated heterocycles.